The zero-order valence-electron chi connectivity index (χ0n) is 25.0. The number of nitrogens with zero attached hydrogens (tertiary/aromatic N) is 7. The van der Waals surface area contributed by atoms with Gasteiger partial charge in [-0.05, 0) is 44.7 Å². The summed E-state index contributed by atoms with van der Waals surface area (Å²) >= 11 is 6.41. The molecule has 1 aliphatic carbocycles. The van der Waals surface area contributed by atoms with Crippen LogP contribution in [0.1, 0.15) is 46.5 Å². The normalized spacial score (nSPS) is 27.7. The molecule has 0 aromatic carbocycles. The Hall–Kier alpha value is -3.77. The zero-order valence-corrected chi connectivity index (χ0v) is 25.8. The number of fused-ring (bicyclic) bond motifs is 6. The quantitative estimate of drug-likeness (QED) is 0.359. The number of pyridine rings is 2. The first kappa shape index (κ1) is 27.8. The molecule has 1 spiro atoms. The van der Waals surface area contributed by atoms with Gasteiger partial charge in [0, 0.05) is 49.0 Å². The molecule has 2 atom stereocenters. The summed E-state index contributed by atoms with van der Waals surface area (Å²) in [6, 6.07) is 3.87. The van der Waals surface area contributed by atoms with Crippen molar-refractivity contribution in [2.45, 2.75) is 65.1 Å². The van der Waals surface area contributed by atoms with E-state index < -0.39 is 11.2 Å². The first-order valence-corrected chi connectivity index (χ1v) is 15.8. The maximum atomic E-state index is 13.8. The fourth-order valence-corrected chi connectivity index (χ4v) is 8.11. The number of hydrogen-bond acceptors (Lipinski definition) is 9. The van der Waals surface area contributed by atoms with E-state index >= 15 is 0 Å². The Morgan fingerprint density at radius 3 is 2.59 bits per heavy atom. The number of piperazine rings is 1. The number of rotatable bonds is 3. The third-order valence-electron chi connectivity index (χ3n) is 10.4. The average molecular weight is 619 g/mol. The Labute approximate surface area is 258 Å². The van der Waals surface area contributed by atoms with Crippen LogP contribution in [0.25, 0.3) is 33.8 Å². The van der Waals surface area contributed by atoms with Gasteiger partial charge in [0.2, 0.25) is 17.7 Å². The van der Waals surface area contributed by atoms with Gasteiger partial charge in [-0.15, -0.1) is 0 Å². The highest BCUT2D eigenvalue weighted by Gasteiger charge is 2.55. The molecular weight excluding hydrogens is 584 g/mol. The molecule has 0 bridgehead atoms. The Kier molecular flexibility index (Phi) is 6.22. The highest BCUT2D eigenvalue weighted by atomic mass is 35.5. The van der Waals surface area contributed by atoms with Gasteiger partial charge >= 0.3 is 5.76 Å². The van der Waals surface area contributed by atoms with Gasteiger partial charge in [0.25, 0.3) is 0 Å². The van der Waals surface area contributed by atoms with E-state index in [4.69, 9.17) is 30.8 Å². The van der Waals surface area contributed by atoms with Gasteiger partial charge < -0.3 is 19.1 Å². The molecule has 0 radical (unpaired) electrons. The Morgan fingerprint density at radius 2 is 1.91 bits per heavy atom. The Morgan fingerprint density at radius 1 is 1.11 bits per heavy atom. The fraction of sp³-hybridized carbons (Fsp3) is 0.548. The van der Waals surface area contributed by atoms with Crippen LogP contribution in [0.15, 0.2) is 33.8 Å². The molecule has 3 fully saturated rings. The summed E-state index contributed by atoms with van der Waals surface area (Å²) in [5, 5.41) is 4.39. The van der Waals surface area contributed by atoms with Gasteiger partial charge in [-0.3, -0.25) is 19.3 Å². The van der Waals surface area contributed by atoms with Crippen molar-refractivity contribution in [2.75, 3.05) is 31.2 Å². The number of imidazole rings is 1. The van der Waals surface area contributed by atoms with Crippen molar-refractivity contribution in [1.82, 2.24) is 34.6 Å². The summed E-state index contributed by atoms with van der Waals surface area (Å²) in [7, 11) is 0. The van der Waals surface area contributed by atoms with Gasteiger partial charge in [-0.25, -0.2) is 14.8 Å². The topological polar surface area (TPSA) is 135 Å². The molecule has 8 rings (SSSR count). The van der Waals surface area contributed by atoms with Crippen molar-refractivity contribution in [2.24, 2.45) is 16.7 Å². The summed E-state index contributed by atoms with van der Waals surface area (Å²) in [6.07, 6.45) is 7.77. The number of H-pyrrole nitrogens is 1. The van der Waals surface area contributed by atoms with Crippen molar-refractivity contribution >= 4 is 34.5 Å². The van der Waals surface area contributed by atoms with E-state index in [1.165, 1.54) is 0 Å². The molecular formula is C31H35ClN8O4. The van der Waals surface area contributed by atoms with Gasteiger partial charge in [-0.1, -0.05) is 36.5 Å². The minimum Gasteiger partial charge on any atom is -0.379 e. The molecule has 44 heavy (non-hydrogen) atoms. The van der Waals surface area contributed by atoms with Crippen molar-refractivity contribution in [3.63, 3.8) is 0 Å². The van der Waals surface area contributed by atoms with Crippen LogP contribution in [0.5, 0.6) is 0 Å². The highest BCUT2D eigenvalue weighted by Crippen LogP contribution is 2.52. The molecule has 4 aromatic rings. The summed E-state index contributed by atoms with van der Waals surface area (Å²) in [6.45, 7) is 9.59. The molecule has 2 saturated heterocycles. The van der Waals surface area contributed by atoms with E-state index in [0.29, 0.717) is 48.6 Å². The zero-order chi connectivity index (χ0) is 30.4. The second kappa shape index (κ2) is 9.87. The van der Waals surface area contributed by atoms with Crippen LogP contribution in [-0.2, 0) is 16.1 Å². The SMILES string of the molecule is CC1CCC2(CC1)Cn1c(nc3cc(-c4noc(=O)[nH]4)nc(-c4cncc(Cl)c4)c31)N1[C@H](C)CN(C(=O)C3(C)COC3)C[C@H]12. The number of ether oxygens (including phenoxy) is 1. The highest BCUT2D eigenvalue weighted by molar-refractivity contribution is 6.30. The second-order valence-electron chi connectivity index (χ2n) is 13.6. The minimum atomic E-state index is -0.656. The van der Waals surface area contributed by atoms with Crippen LogP contribution in [0.2, 0.25) is 5.02 Å². The first-order chi connectivity index (χ1) is 21.1. The number of carbonyl (C=O) groups excluding carboxylic acids is 1. The summed E-state index contributed by atoms with van der Waals surface area (Å²) in [5.41, 5.74) is 2.97. The van der Waals surface area contributed by atoms with E-state index in [1.807, 2.05) is 19.1 Å². The van der Waals surface area contributed by atoms with E-state index in [-0.39, 0.29) is 29.2 Å². The number of aromatic nitrogens is 6. The number of halogens is 1. The third kappa shape index (κ3) is 4.21. The molecule has 0 unspecified atom stereocenters. The second-order valence-corrected chi connectivity index (χ2v) is 14.1. The van der Waals surface area contributed by atoms with E-state index in [2.05, 4.69) is 43.3 Å². The van der Waals surface area contributed by atoms with Gasteiger partial charge in [-0.2, -0.15) is 0 Å². The van der Waals surface area contributed by atoms with Crippen LogP contribution in [-0.4, -0.2) is 78.9 Å². The molecule has 4 aliphatic rings. The molecule has 7 heterocycles. The molecule has 230 valence electrons. The average Bonchev–Trinajstić information content (AvgIpc) is 3.59. The molecule has 1 saturated carbocycles. The lowest BCUT2D eigenvalue weighted by Crippen LogP contribution is -2.69. The molecule has 13 heteroatoms. The van der Waals surface area contributed by atoms with Crippen LogP contribution in [0.4, 0.5) is 5.95 Å². The van der Waals surface area contributed by atoms with Crippen molar-refractivity contribution < 1.29 is 14.1 Å². The van der Waals surface area contributed by atoms with Crippen molar-refractivity contribution in [3.8, 4) is 22.8 Å². The molecule has 1 N–H and O–H groups in total. The van der Waals surface area contributed by atoms with E-state index in [0.717, 1.165) is 54.8 Å². The summed E-state index contributed by atoms with van der Waals surface area (Å²) in [4.78, 5) is 47.4. The lowest BCUT2D eigenvalue weighted by Gasteiger charge is -2.59. The molecule has 12 nitrogen and oxygen atoms in total. The van der Waals surface area contributed by atoms with Crippen molar-refractivity contribution in [3.05, 3.63) is 40.1 Å². The third-order valence-corrected chi connectivity index (χ3v) is 10.6. The molecule has 3 aliphatic heterocycles. The van der Waals surface area contributed by atoms with Gasteiger partial charge in [0.05, 0.1) is 46.4 Å². The monoisotopic (exact) mass is 618 g/mol. The lowest BCUT2D eigenvalue weighted by atomic mass is 9.64. The van der Waals surface area contributed by atoms with Crippen LogP contribution < -0.4 is 10.7 Å². The van der Waals surface area contributed by atoms with E-state index in [1.54, 1.807) is 12.4 Å². The Bertz CT molecular complexity index is 1840. The van der Waals surface area contributed by atoms with Gasteiger partial charge in [0.15, 0.2) is 0 Å². The maximum absolute atomic E-state index is 13.8. The van der Waals surface area contributed by atoms with Crippen LogP contribution in [0.3, 0.4) is 0 Å². The van der Waals surface area contributed by atoms with Crippen LogP contribution >= 0.6 is 11.6 Å². The summed E-state index contributed by atoms with van der Waals surface area (Å²) in [5.74, 6) is 1.30. The number of hydrogen-bond donors (Lipinski definition) is 1. The lowest BCUT2D eigenvalue weighted by molar-refractivity contribution is -0.171. The minimum absolute atomic E-state index is 0.0444. The number of nitrogens with one attached hydrogen (secondary N) is 1. The predicted molar refractivity (Wildman–Crippen MR) is 163 cm³/mol. The predicted octanol–water partition coefficient (Wildman–Crippen LogP) is 4.14. The smallest absolute Gasteiger partial charge is 0.379 e. The fourth-order valence-electron chi connectivity index (χ4n) is 7.93. The van der Waals surface area contributed by atoms with Crippen molar-refractivity contribution in [1.29, 1.82) is 0 Å². The number of amides is 1. The standard InChI is InChI=1S/C31H35ClN8O4/c1-17-4-6-31(7-5-17)14-39-25-21(9-22(26-36-29(42)44-37-26)34-24(25)19-8-20(32)11-33-10-19)35-28(39)40-18(2)12-38(13-23(31)40)27(41)30(3)15-43-16-30/h8-11,17-18,23H,4-7,12-16H2,1-3H3,(H,36,37,42)/t17?,18-,23+,31?/m1/s1. The first-order valence-electron chi connectivity index (χ1n) is 15.4. The number of anilines is 1. The van der Waals surface area contributed by atoms with E-state index in [9.17, 15) is 9.59 Å². The summed E-state index contributed by atoms with van der Waals surface area (Å²) < 4.78 is 12.6. The molecule has 4 aromatic heterocycles. The maximum Gasteiger partial charge on any atom is 0.439 e. The number of carbonyl (C=O) groups is 1. The van der Waals surface area contributed by atoms with Crippen LogP contribution in [0, 0.1) is 16.7 Å². The Balaban J connectivity index is 1.31. The molecule has 1 amide bonds. The largest absolute Gasteiger partial charge is 0.439 e. The number of aromatic amines is 1. The van der Waals surface area contributed by atoms with Gasteiger partial charge in [0.1, 0.15) is 5.69 Å².